The molecular weight excluding hydrogens is 436 g/mol. The number of imidazole rings is 1. The van der Waals surface area contributed by atoms with E-state index in [-0.39, 0.29) is 17.4 Å². The van der Waals surface area contributed by atoms with E-state index in [1.165, 1.54) is 21.3 Å². The number of fused-ring (bicyclic) bond motifs is 1. The Morgan fingerprint density at radius 2 is 1.68 bits per heavy atom. The van der Waals surface area contributed by atoms with E-state index in [0.29, 0.717) is 29.7 Å². The van der Waals surface area contributed by atoms with Gasteiger partial charge in [-0.15, -0.1) is 0 Å². The van der Waals surface area contributed by atoms with Gasteiger partial charge in [0.2, 0.25) is 17.6 Å². The number of amides is 2. The van der Waals surface area contributed by atoms with Gasteiger partial charge in [0.05, 0.1) is 32.4 Å². The monoisotopic (exact) mass is 468 g/mol. The van der Waals surface area contributed by atoms with E-state index in [1.807, 2.05) is 42.7 Å². The highest BCUT2D eigenvalue weighted by Gasteiger charge is 2.27. The van der Waals surface area contributed by atoms with Crippen molar-refractivity contribution in [1.82, 2.24) is 14.9 Å². The molecule has 3 rings (SSSR count). The number of nitrogens with zero attached hydrogens (tertiary/aromatic N) is 2. The van der Waals surface area contributed by atoms with Gasteiger partial charge in [-0.25, -0.2) is 4.98 Å². The fourth-order valence-electron chi connectivity index (χ4n) is 3.78. The van der Waals surface area contributed by atoms with Crippen LogP contribution in [0.3, 0.4) is 0 Å². The summed E-state index contributed by atoms with van der Waals surface area (Å²) in [6.07, 6.45) is 0.884. The summed E-state index contributed by atoms with van der Waals surface area (Å²) in [5, 5.41) is 5.75. The predicted molar refractivity (Wildman–Crippen MR) is 131 cm³/mol. The highest BCUT2D eigenvalue weighted by Crippen LogP contribution is 2.38. The van der Waals surface area contributed by atoms with Gasteiger partial charge in [-0.05, 0) is 36.6 Å². The number of ether oxygens (including phenoxy) is 3. The summed E-state index contributed by atoms with van der Waals surface area (Å²) in [7, 11) is 4.45. The Balaban J connectivity index is 1.86. The van der Waals surface area contributed by atoms with Crippen molar-refractivity contribution in [1.29, 1.82) is 0 Å². The number of aryl methyl sites for hydroxylation is 1. The summed E-state index contributed by atoms with van der Waals surface area (Å²) in [5.41, 5.74) is 2.03. The van der Waals surface area contributed by atoms with Gasteiger partial charge in [-0.3, -0.25) is 14.9 Å². The molecule has 0 fully saturated rings. The van der Waals surface area contributed by atoms with Crippen molar-refractivity contribution in [2.24, 2.45) is 5.92 Å². The minimum absolute atomic E-state index is 0.171. The molecule has 0 saturated heterocycles. The van der Waals surface area contributed by atoms with Gasteiger partial charge in [0.1, 0.15) is 6.04 Å². The Bertz CT molecular complexity index is 1150. The third-order valence-electron chi connectivity index (χ3n) is 5.50. The summed E-state index contributed by atoms with van der Waals surface area (Å²) in [4.78, 5) is 30.9. The van der Waals surface area contributed by atoms with Crippen LogP contribution >= 0.6 is 0 Å². The number of methoxy groups -OCH3 is 3. The van der Waals surface area contributed by atoms with Crippen LogP contribution in [0.5, 0.6) is 17.2 Å². The molecule has 0 bridgehead atoms. The topological polar surface area (TPSA) is 104 Å². The lowest BCUT2D eigenvalue weighted by Gasteiger charge is -2.22. The Morgan fingerprint density at radius 3 is 2.24 bits per heavy atom. The molecule has 9 nitrogen and oxygen atoms in total. The molecule has 2 aromatic carbocycles. The van der Waals surface area contributed by atoms with Crippen molar-refractivity contribution in [3.63, 3.8) is 0 Å². The average Bonchev–Trinajstić information content (AvgIpc) is 3.17. The van der Waals surface area contributed by atoms with Crippen LogP contribution in [0.25, 0.3) is 11.0 Å². The fraction of sp³-hybridized carbons (Fsp3) is 0.400. The molecule has 0 aliphatic carbocycles. The molecule has 2 amide bonds. The van der Waals surface area contributed by atoms with E-state index in [4.69, 9.17) is 14.2 Å². The smallest absolute Gasteiger partial charge is 0.252 e. The summed E-state index contributed by atoms with van der Waals surface area (Å²) < 4.78 is 18.0. The second-order valence-electron chi connectivity index (χ2n) is 8.17. The molecule has 0 radical (unpaired) electrons. The third kappa shape index (κ3) is 5.08. The highest BCUT2D eigenvalue weighted by atomic mass is 16.5. The number of anilines is 1. The van der Waals surface area contributed by atoms with Crippen LogP contribution in [-0.4, -0.2) is 48.7 Å². The van der Waals surface area contributed by atoms with E-state index in [1.54, 1.807) is 12.1 Å². The molecular formula is C25H32N4O5. The van der Waals surface area contributed by atoms with Gasteiger partial charge in [0.15, 0.2) is 11.5 Å². The minimum atomic E-state index is -0.790. The van der Waals surface area contributed by atoms with Gasteiger partial charge in [0.25, 0.3) is 5.91 Å². The molecule has 0 unspecified atom stereocenters. The van der Waals surface area contributed by atoms with Gasteiger partial charge in [-0.2, -0.15) is 0 Å². The number of rotatable bonds is 10. The van der Waals surface area contributed by atoms with Crippen molar-refractivity contribution < 1.29 is 23.8 Å². The minimum Gasteiger partial charge on any atom is -0.493 e. The van der Waals surface area contributed by atoms with Crippen LogP contribution in [0.2, 0.25) is 0 Å². The molecule has 0 saturated carbocycles. The van der Waals surface area contributed by atoms with Crippen molar-refractivity contribution >= 4 is 28.8 Å². The molecule has 34 heavy (non-hydrogen) atoms. The number of hydrogen-bond acceptors (Lipinski definition) is 6. The largest absolute Gasteiger partial charge is 0.493 e. The maximum Gasteiger partial charge on any atom is 0.252 e. The first-order chi connectivity index (χ1) is 16.3. The molecule has 0 spiro atoms. The second-order valence-corrected chi connectivity index (χ2v) is 8.17. The van der Waals surface area contributed by atoms with E-state index >= 15 is 0 Å². The third-order valence-corrected chi connectivity index (χ3v) is 5.50. The first-order valence-corrected chi connectivity index (χ1v) is 11.2. The number of carbonyl (C=O) groups is 2. The Morgan fingerprint density at radius 1 is 1.03 bits per heavy atom. The number of nitrogens with one attached hydrogen (secondary N) is 2. The molecule has 0 aliphatic heterocycles. The van der Waals surface area contributed by atoms with Crippen molar-refractivity contribution in [2.75, 3.05) is 26.6 Å². The Kier molecular flexibility index (Phi) is 7.99. The van der Waals surface area contributed by atoms with Crippen LogP contribution in [0.15, 0.2) is 36.4 Å². The molecule has 1 aromatic heterocycles. The molecule has 3 aromatic rings. The summed E-state index contributed by atoms with van der Waals surface area (Å²) in [5.74, 6) is 0.598. The molecule has 2 N–H and O–H groups in total. The van der Waals surface area contributed by atoms with Gasteiger partial charge >= 0.3 is 0 Å². The SMILES string of the molecule is CCCn1c(NC(=O)[C@H](NC(=O)c2cc(OC)c(OC)c(OC)c2)C(C)C)nc2ccccc21. The van der Waals surface area contributed by atoms with Gasteiger partial charge in [-0.1, -0.05) is 32.9 Å². The van der Waals surface area contributed by atoms with Gasteiger partial charge < -0.3 is 24.1 Å². The van der Waals surface area contributed by atoms with E-state index < -0.39 is 11.9 Å². The van der Waals surface area contributed by atoms with Crippen LogP contribution in [0.4, 0.5) is 5.95 Å². The zero-order valence-electron chi connectivity index (χ0n) is 20.5. The Labute approximate surface area is 199 Å². The molecule has 182 valence electrons. The van der Waals surface area contributed by atoms with Crippen LogP contribution in [-0.2, 0) is 11.3 Å². The lowest BCUT2D eigenvalue weighted by molar-refractivity contribution is -0.119. The normalized spacial score (nSPS) is 11.9. The average molecular weight is 469 g/mol. The number of hydrogen-bond donors (Lipinski definition) is 2. The molecule has 0 aliphatic rings. The second kappa shape index (κ2) is 10.9. The number of benzene rings is 2. The molecule has 1 heterocycles. The maximum atomic E-state index is 13.3. The lowest BCUT2D eigenvalue weighted by Crippen LogP contribution is -2.47. The van der Waals surface area contributed by atoms with Crippen molar-refractivity contribution in [3.8, 4) is 17.2 Å². The highest BCUT2D eigenvalue weighted by molar-refractivity contribution is 6.02. The summed E-state index contributed by atoms with van der Waals surface area (Å²) in [6.45, 7) is 6.51. The zero-order valence-corrected chi connectivity index (χ0v) is 20.5. The first-order valence-electron chi connectivity index (χ1n) is 11.2. The van der Waals surface area contributed by atoms with Crippen molar-refractivity contribution in [2.45, 2.75) is 39.8 Å². The van der Waals surface area contributed by atoms with Gasteiger partial charge in [0, 0.05) is 12.1 Å². The number of para-hydroxylation sites is 2. The van der Waals surface area contributed by atoms with E-state index in [9.17, 15) is 9.59 Å². The van der Waals surface area contributed by atoms with Crippen LogP contribution in [0.1, 0.15) is 37.6 Å². The number of aromatic nitrogens is 2. The zero-order chi connectivity index (χ0) is 24.8. The quantitative estimate of drug-likeness (QED) is 0.468. The predicted octanol–water partition coefficient (Wildman–Crippen LogP) is 3.87. The van der Waals surface area contributed by atoms with Crippen molar-refractivity contribution in [3.05, 3.63) is 42.0 Å². The fourth-order valence-corrected chi connectivity index (χ4v) is 3.78. The first kappa shape index (κ1) is 24.9. The molecule has 1 atom stereocenters. The van der Waals surface area contributed by atoms with Crippen LogP contribution < -0.4 is 24.8 Å². The van der Waals surface area contributed by atoms with Crippen LogP contribution in [0, 0.1) is 5.92 Å². The van der Waals surface area contributed by atoms with E-state index in [0.717, 1.165) is 17.5 Å². The Hall–Kier alpha value is -3.75. The number of carbonyl (C=O) groups excluding carboxylic acids is 2. The van der Waals surface area contributed by atoms with E-state index in [2.05, 4.69) is 22.5 Å². The lowest BCUT2D eigenvalue weighted by atomic mass is 10.0. The molecule has 9 heteroatoms. The summed E-state index contributed by atoms with van der Waals surface area (Å²) >= 11 is 0. The maximum absolute atomic E-state index is 13.3. The summed E-state index contributed by atoms with van der Waals surface area (Å²) in [6, 6.07) is 10.0. The standard InChI is InChI=1S/C25H32N4O5/c1-7-12-29-18-11-9-8-10-17(18)26-25(29)28-24(31)21(15(2)3)27-23(30)16-13-19(32-4)22(34-6)20(14-16)33-5/h8-11,13-15,21H,7,12H2,1-6H3,(H,27,30)(H,26,28,31)/t21-/m1/s1.